The normalized spacial score (nSPS) is 20.8. The third kappa shape index (κ3) is 4.36. The van der Waals surface area contributed by atoms with E-state index in [2.05, 4.69) is 53.4 Å². The molecule has 0 N–H and O–H groups in total. The molecule has 0 saturated carbocycles. The zero-order valence-electron chi connectivity index (χ0n) is 16.6. The molecule has 2 aliphatic rings. The summed E-state index contributed by atoms with van der Waals surface area (Å²) in [5.41, 5.74) is 3.62. The van der Waals surface area contributed by atoms with Crippen molar-refractivity contribution in [1.29, 1.82) is 0 Å². The lowest BCUT2D eigenvalue weighted by Gasteiger charge is -2.28. The molecular formula is C23H28N2O2S. The number of amides is 1. The van der Waals surface area contributed by atoms with Crippen LogP contribution in [0.3, 0.4) is 0 Å². The van der Waals surface area contributed by atoms with E-state index >= 15 is 0 Å². The first kappa shape index (κ1) is 19.3. The van der Waals surface area contributed by atoms with Gasteiger partial charge < -0.3 is 14.5 Å². The third-order valence-electron chi connectivity index (χ3n) is 5.51. The van der Waals surface area contributed by atoms with Crippen LogP contribution in [-0.2, 0) is 22.5 Å². The van der Waals surface area contributed by atoms with Crippen LogP contribution in [0.4, 0.5) is 5.69 Å². The van der Waals surface area contributed by atoms with Gasteiger partial charge in [-0.05, 0) is 48.6 Å². The molecule has 4 rings (SSSR count). The van der Waals surface area contributed by atoms with Crippen molar-refractivity contribution >= 4 is 23.4 Å². The maximum atomic E-state index is 13.4. The summed E-state index contributed by atoms with van der Waals surface area (Å²) in [4.78, 5) is 18.8. The predicted octanol–water partition coefficient (Wildman–Crippen LogP) is 3.98. The molecule has 1 amide bonds. The summed E-state index contributed by atoms with van der Waals surface area (Å²) in [5, 5.41) is -0.0279. The number of rotatable bonds is 6. The van der Waals surface area contributed by atoms with Crippen molar-refractivity contribution in [2.24, 2.45) is 0 Å². The highest BCUT2D eigenvalue weighted by atomic mass is 32.2. The van der Waals surface area contributed by atoms with Crippen LogP contribution in [0.25, 0.3) is 0 Å². The molecule has 28 heavy (non-hydrogen) atoms. The Hall–Kier alpha value is -1.98. The van der Waals surface area contributed by atoms with E-state index in [4.69, 9.17) is 4.74 Å². The van der Waals surface area contributed by atoms with Gasteiger partial charge in [-0.2, -0.15) is 0 Å². The summed E-state index contributed by atoms with van der Waals surface area (Å²) < 4.78 is 5.84. The smallest absolute Gasteiger partial charge is 0.236 e. The summed E-state index contributed by atoms with van der Waals surface area (Å²) in [6, 6.07) is 16.9. The van der Waals surface area contributed by atoms with Gasteiger partial charge in [0.1, 0.15) is 0 Å². The van der Waals surface area contributed by atoms with Crippen molar-refractivity contribution in [3.8, 4) is 0 Å². The molecule has 5 heteroatoms. The van der Waals surface area contributed by atoms with Gasteiger partial charge in [-0.25, -0.2) is 0 Å². The number of carbonyl (C=O) groups excluding carboxylic acids is 1. The average molecular weight is 397 g/mol. The molecule has 148 valence electrons. The standard InChI is InChI=1S/C23H28N2O2S/c1-24(2)19-11-9-17(10-12-19)15-25(16-20-7-5-13-27-20)23(26)22-14-18-6-3-4-8-21(18)28-22/h3-4,6,8-12,20,22H,5,7,13-16H2,1-2H3. The summed E-state index contributed by atoms with van der Waals surface area (Å²) >= 11 is 1.71. The first-order valence-electron chi connectivity index (χ1n) is 10.0. The first-order valence-corrected chi connectivity index (χ1v) is 10.9. The van der Waals surface area contributed by atoms with E-state index in [-0.39, 0.29) is 17.3 Å². The third-order valence-corrected chi connectivity index (χ3v) is 6.81. The molecule has 0 aliphatic carbocycles. The number of thioether (sulfide) groups is 1. The Bertz CT molecular complexity index is 791. The van der Waals surface area contributed by atoms with Crippen LogP contribution in [0.15, 0.2) is 53.4 Å². The van der Waals surface area contributed by atoms with Crippen LogP contribution >= 0.6 is 11.8 Å². The van der Waals surface area contributed by atoms with Crippen LogP contribution in [-0.4, -0.2) is 49.4 Å². The second-order valence-corrected chi connectivity index (χ2v) is 9.08. The van der Waals surface area contributed by atoms with Crippen molar-refractivity contribution in [1.82, 2.24) is 4.90 Å². The van der Waals surface area contributed by atoms with Crippen LogP contribution in [0.2, 0.25) is 0 Å². The van der Waals surface area contributed by atoms with Gasteiger partial charge in [-0.3, -0.25) is 4.79 Å². The zero-order chi connectivity index (χ0) is 19.5. The van der Waals surface area contributed by atoms with Gasteiger partial charge in [-0.1, -0.05) is 30.3 Å². The molecule has 0 spiro atoms. The van der Waals surface area contributed by atoms with Crippen LogP contribution in [0, 0.1) is 0 Å². The fourth-order valence-electron chi connectivity index (χ4n) is 3.91. The maximum absolute atomic E-state index is 13.4. The number of fused-ring (bicyclic) bond motifs is 1. The second kappa shape index (κ2) is 8.58. The van der Waals surface area contributed by atoms with Crippen LogP contribution < -0.4 is 4.90 Å². The molecule has 4 nitrogen and oxygen atoms in total. The Balaban J connectivity index is 1.49. The summed E-state index contributed by atoms with van der Waals surface area (Å²) in [7, 11) is 4.08. The number of carbonyl (C=O) groups is 1. The largest absolute Gasteiger partial charge is 0.378 e. The molecule has 2 heterocycles. The topological polar surface area (TPSA) is 32.8 Å². The Kier molecular flexibility index (Phi) is 5.93. The van der Waals surface area contributed by atoms with Gasteiger partial charge in [-0.15, -0.1) is 11.8 Å². The SMILES string of the molecule is CN(C)c1ccc(CN(CC2CCCO2)C(=O)C2Cc3ccccc3S2)cc1. The van der Waals surface area contributed by atoms with Crippen molar-refractivity contribution in [3.63, 3.8) is 0 Å². The lowest BCUT2D eigenvalue weighted by atomic mass is 10.1. The van der Waals surface area contributed by atoms with Gasteiger partial charge in [0, 0.05) is 44.4 Å². The Morgan fingerprint density at radius 1 is 1.14 bits per heavy atom. The van der Waals surface area contributed by atoms with E-state index in [1.54, 1.807) is 11.8 Å². The molecule has 0 aromatic heterocycles. The Morgan fingerprint density at radius 2 is 1.93 bits per heavy atom. The van der Waals surface area contributed by atoms with Gasteiger partial charge in [0.05, 0.1) is 11.4 Å². The van der Waals surface area contributed by atoms with E-state index < -0.39 is 0 Å². The average Bonchev–Trinajstić information content (AvgIpc) is 3.36. The monoisotopic (exact) mass is 396 g/mol. The molecular weight excluding hydrogens is 368 g/mol. The molecule has 1 saturated heterocycles. The van der Waals surface area contributed by atoms with Crippen LogP contribution in [0.1, 0.15) is 24.0 Å². The highest BCUT2D eigenvalue weighted by Gasteiger charge is 2.33. The number of anilines is 1. The molecule has 0 radical (unpaired) electrons. The second-order valence-electron chi connectivity index (χ2n) is 7.83. The van der Waals surface area contributed by atoms with Crippen molar-refractivity contribution in [3.05, 3.63) is 59.7 Å². The van der Waals surface area contributed by atoms with E-state index in [1.807, 2.05) is 19.0 Å². The minimum atomic E-state index is -0.0279. The molecule has 2 aromatic carbocycles. The molecule has 2 atom stereocenters. The summed E-state index contributed by atoms with van der Waals surface area (Å²) in [6.45, 7) is 2.13. The highest BCUT2D eigenvalue weighted by Crippen LogP contribution is 2.38. The van der Waals surface area contributed by atoms with Crippen molar-refractivity contribution < 1.29 is 9.53 Å². The Labute approximate surface area is 171 Å². The summed E-state index contributed by atoms with van der Waals surface area (Å²) in [6.07, 6.45) is 3.12. The lowest BCUT2D eigenvalue weighted by Crippen LogP contribution is -2.41. The number of ether oxygens (including phenoxy) is 1. The lowest BCUT2D eigenvalue weighted by molar-refractivity contribution is -0.132. The first-order chi connectivity index (χ1) is 13.6. The zero-order valence-corrected chi connectivity index (χ0v) is 17.5. The number of hydrogen-bond donors (Lipinski definition) is 0. The minimum absolute atomic E-state index is 0.0279. The van der Waals surface area contributed by atoms with Crippen LogP contribution in [0.5, 0.6) is 0 Å². The van der Waals surface area contributed by atoms with E-state index in [0.29, 0.717) is 13.1 Å². The van der Waals surface area contributed by atoms with Gasteiger partial charge in [0.15, 0.2) is 0 Å². The molecule has 2 unspecified atom stereocenters. The van der Waals surface area contributed by atoms with Gasteiger partial charge >= 0.3 is 0 Å². The maximum Gasteiger partial charge on any atom is 0.236 e. The van der Waals surface area contributed by atoms with Gasteiger partial charge in [0.25, 0.3) is 0 Å². The number of benzene rings is 2. The summed E-state index contributed by atoms with van der Waals surface area (Å²) in [5.74, 6) is 0.230. The van der Waals surface area contributed by atoms with E-state index in [1.165, 1.54) is 16.1 Å². The van der Waals surface area contributed by atoms with E-state index in [0.717, 1.165) is 31.4 Å². The number of hydrogen-bond acceptors (Lipinski definition) is 4. The predicted molar refractivity (Wildman–Crippen MR) is 115 cm³/mol. The number of nitrogens with zero attached hydrogens (tertiary/aromatic N) is 2. The fourth-order valence-corrected chi connectivity index (χ4v) is 5.19. The van der Waals surface area contributed by atoms with Gasteiger partial charge in [0.2, 0.25) is 5.91 Å². The highest BCUT2D eigenvalue weighted by molar-refractivity contribution is 8.01. The quantitative estimate of drug-likeness (QED) is 0.739. The fraction of sp³-hybridized carbons (Fsp3) is 0.435. The molecule has 2 aromatic rings. The molecule has 2 aliphatic heterocycles. The minimum Gasteiger partial charge on any atom is -0.378 e. The molecule has 0 bridgehead atoms. The van der Waals surface area contributed by atoms with Crippen molar-refractivity contribution in [2.45, 2.75) is 42.1 Å². The molecule has 1 fully saturated rings. The Morgan fingerprint density at radius 3 is 2.61 bits per heavy atom. The van der Waals surface area contributed by atoms with E-state index in [9.17, 15) is 4.79 Å². The van der Waals surface area contributed by atoms with Crippen molar-refractivity contribution in [2.75, 3.05) is 32.1 Å².